The summed E-state index contributed by atoms with van der Waals surface area (Å²) in [6, 6.07) is 11.5. The van der Waals surface area contributed by atoms with E-state index in [2.05, 4.69) is 15.7 Å². The molecule has 2 aromatic carbocycles. The number of carbonyl (C=O) groups is 2. The maximum Gasteiger partial charge on any atom is 0.435 e. The van der Waals surface area contributed by atoms with Gasteiger partial charge >= 0.3 is 6.18 Å². The van der Waals surface area contributed by atoms with Crippen molar-refractivity contribution in [2.45, 2.75) is 32.2 Å². The molecule has 0 unspecified atom stereocenters. The Bertz CT molecular complexity index is 1140. The lowest BCUT2D eigenvalue weighted by molar-refractivity contribution is -0.141. The van der Waals surface area contributed by atoms with Crippen LogP contribution in [0.5, 0.6) is 0 Å². The van der Waals surface area contributed by atoms with Gasteiger partial charge in [0.2, 0.25) is 5.91 Å². The van der Waals surface area contributed by atoms with E-state index in [4.69, 9.17) is 5.73 Å². The Kier molecular flexibility index (Phi) is 7.12. The number of alkyl halides is 3. The number of rotatable bonds is 7. The van der Waals surface area contributed by atoms with Crippen molar-refractivity contribution in [1.29, 1.82) is 0 Å². The Morgan fingerprint density at radius 2 is 1.70 bits per heavy atom. The first-order valence-corrected chi connectivity index (χ1v) is 9.87. The third kappa shape index (κ3) is 6.16. The van der Waals surface area contributed by atoms with Crippen molar-refractivity contribution in [2.24, 2.45) is 5.73 Å². The highest BCUT2D eigenvalue weighted by Gasteiger charge is 2.36. The van der Waals surface area contributed by atoms with Crippen molar-refractivity contribution in [3.05, 3.63) is 82.9 Å². The van der Waals surface area contributed by atoms with Crippen LogP contribution in [0.3, 0.4) is 0 Å². The number of benzene rings is 2. The van der Waals surface area contributed by atoms with Crippen LogP contribution in [0.1, 0.15) is 34.2 Å². The van der Waals surface area contributed by atoms with Crippen molar-refractivity contribution in [3.8, 4) is 5.69 Å². The van der Waals surface area contributed by atoms with Gasteiger partial charge in [-0.25, -0.2) is 9.07 Å². The molecule has 33 heavy (non-hydrogen) atoms. The van der Waals surface area contributed by atoms with E-state index < -0.39 is 29.6 Å². The Morgan fingerprint density at radius 1 is 1.03 bits per heavy atom. The smallest absolute Gasteiger partial charge is 0.351 e. The third-order valence-electron chi connectivity index (χ3n) is 4.63. The van der Waals surface area contributed by atoms with Gasteiger partial charge in [0.05, 0.1) is 11.7 Å². The van der Waals surface area contributed by atoms with E-state index in [9.17, 15) is 27.2 Å². The van der Waals surface area contributed by atoms with Gasteiger partial charge in [-0.05, 0) is 42.3 Å². The lowest BCUT2D eigenvalue weighted by Crippen LogP contribution is -2.37. The molecule has 0 saturated heterocycles. The summed E-state index contributed by atoms with van der Waals surface area (Å²) >= 11 is 0. The van der Waals surface area contributed by atoms with E-state index in [0.717, 1.165) is 4.68 Å². The molecule has 0 aliphatic rings. The van der Waals surface area contributed by atoms with Gasteiger partial charge in [-0.1, -0.05) is 24.3 Å². The Morgan fingerprint density at radius 3 is 2.33 bits per heavy atom. The number of hydrogen-bond acceptors (Lipinski definition) is 4. The molecule has 3 aromatic rings. The topological polar surface area (TPSA) is 102 Å². The minimum Gasteiger partial charge on any atom is -0.351 e. The molecule has 0 saturated carbocycles. The highest BCUT2D eigenvalue weighted by molar-refractivity contribution is 5.93. The van der Waals surface area contributed by atoms with E-state index in [1.165, 1.54) is 43.3 Å². The van der Waals surface area contributed by atoms with Crippen molar-refractivity contribution in [2.75, 3.05) is 0 Å². The average molecular weight is 463 g/mol. The fraction of sp³-hybridized carbons (Fsp3) is 0.227. The summed E-state index contributed by atoms with van der Waals surface area (Å²) in [6.45, 7) is 1.59. The van der Waals surface area contributed by atoms with Crippen LogP contribution in [-0.4, -0.2) is 27.6 Å². The van der Waals surface area contributed by atoms with Gasteiger partial charge in [-0.15, -0.1) is 0 Å². The van der Waals surface area contributed by atoms with Crippen molar-refractivity contribution in [1.82, 2.24) is 20.4 Å². The van der Waals surface area contributed by atoms with Crippen LogP contribution < -0.4 is 16.4 Å². The molecule has 0 fully saturated rings. The molecule has 7 nitrogen and oxygen atoms in total. The van der Waals surface area contributed by atoms with Crippen molar-refractivity contribution < 1.29 is 27.2 Å². The highest BCUT2D eigenvalue weighted by Crippen LogP contribution is 2.29. The quantitative estimate of drug-likeness (QED) is 0.469. The first kappa shape index (κ1) is 23.9. The SMILES string of the molecule is C[C@H](N)C(=O)NCc1cccc(-n2nc(C(F)(F)F)cc2C(=O)NCc2ccc(F)cc2)c1. The van der Waals surface area contributed by atoms with E-state index in [1.807, 2.05) is 0 Å². The predicted molar refractivity (Wildman–Crippen MR) is 112 cm³/mol. The average Bonchev–Trinajstić information content (AvgIpc) is 3.23. The summed E-state index contributed by atoms with van der Waals surface area (Å²) < 4.78 is 53.9. The first-order chi connectivity index (χ1) is 15.5. The number of nitrogens with two attached hydrogens (primary N) is 1. The highest BCUT2D eigenvalue weighted by atomic mass is 19.4. The molecule has 2 amide bonds. The molecular weight excluding hydrogens is 442 g/mol. The largest absolute Gasteiger partial charge is 0.435 e. The van der Waals surface area contributed by atoms with Gasteiger partial charge in [-0.2, -0.15) is 18.3 Å². The molecule has 0 aliphatic heterocycles. The zero-order chi connectivity index (χ0) is 24.2. The van der Waals surface area contributed by atoms with E-state index in [0.29, 0.717) is 17.2 Å². The van der Waals surface area contributed by atoms with E-state index in [-0.39, 0.29) is 30.4 Å². The second kappa shape index (κ2) is 9.82. The molecule has 0 spiro atoms. The summed E-state index contributed by atoms with van der Waals surface area (Å²) in [5.41, 5.74) is 5.28. The van der Waals surface area contributed by atoms with E-state index >= 15 is 0 Å². The standard InChI is InChI=1S/C22H21F4N5O2/c1-13(27)20(32)28-12-15-3-2-4-17(9-15)31-18(10-19(30-31)22(24,25)26)21(33)29-11-14-5-7-16(23)8-6-14/h2-10,13H,11-12,27H2,1H3,(H,28,32)(H,29,33)/t13-/m0/s1. The summed E-state index contributed by atoms with van der Waals surface area (Å²) in [5.74, 6) is -1.63. The number of aromatic nitrogens is 2. The fourth-order valence-electron chi connectivity index (χ4n) is 2.90. The molecule has 3 rings (SSSR count). The van der Waals surface area contributed by atoms with Crippen LogP contribution in [0.4, 0.5) is 17.6 Å². The molecular formula is C22H21F4N5O2. The predicted octanol–water partition coefficient (Wildman–Crippen LogP) is 2.92. The molecule has 4 N–H and O–H groups in total. The lowest BCUT2D eigenvalue weighted by atomic mass is 10.2. The number of nitrogens with zero attached hydrogens (tertiary/aromatic N) is 2. The Labute approximate surface area is 186 Å². The number of carbonyl (C=O) groups excluding carboxylic acids is 2. The monoisotopic (exact) mass is 463 g/mol. The molecule has 0 radical (unpaired) electrons. The van der Waals surface area contributed by atoms with Gasteiger partial charge in [0.25, 0.3) is 5.91 Å². The summed E-state index contributed by atoms with van der Waals surface area (Å²) in [6.07, 6.45) is -4.76. The minimum absolute atomic E-state index is 0.0189. The second-order valence-electron chi connectivity index (χ2n) is 7.31. The summed E-state index contributed by atoms with van der Waals surface area (Å²) in [7, 11) is 0. The molecule has 11 heteroatoms. The second-order valence-corrected chi connectivity index (χ2v) is 7.31. The number of amides is 2. The van der Waals surface area contributed by atoms with Crippen LogP contribution in [-0.2, 0) is 24.1 Å². The fourth-order valence-corrected chi connectivity index (χ4v) is 2.90. The van der Waals surface area contributed by atoms with Gasteiger partial charge in [0, 0.05) is 19.2 Å². The van der Waals surface area contributed by atoms with Gasteiger partial charge in [0.1, 0.15) is 11.5 Å². The van der Waals surface area contributed by atoms with Crippen molar-refractivity contribution in [3.63, 3.8) is 0 Å². The maximum absolute atomic E-state index is 13.3. The molecule has 1 heterocycles. The minimum atomic E-state index is -4.76. The van der Waals surface area contributed by atoms with E-state index in [1.54, 1.807) is 12.1 Å². The number of halogens is 4. The first-order valence-electron chi connectivity index (χ1n) is 9.87. The molecule has 1 atom stereocenters. The lowest BCUT2D eigenvalue weighted by Gasteiger charge is -2.11. The Balaban J connectivity index is 1.87. The van der Waals surface area contributed by atoms with Crippen LogP contribution in [0.15, 0.2) is 54.6 Å². The number of nitrogens with one attached hydrogen (secondary N) is 2. The van der Waals surface area contributed by atoms with Crippen LogP contribution in [0, 0.1) is 5.82 Å². The normalized spacial score (nSPS) is 12.3. The Hall–Kier alpha value is -3.73. The molecule has 1 aromatic heterocycles. The summed E-state index contributed by atoms with van der Waals surface area (Å²) in [5, 5.41) is 8.70. The van der Waals surface area contributed by atoms with Crippen LogP contribution in [0.25, 0.3) is 5.69 Å². The summed E-state index contributed by atoms with van der Waals surface area (Å²) in [4.78, 5) is 24.4. The number of hydrogen-bond donors (Lipinski definition) is 3. The van der Waals surface area contributed by atoms with Gasteiger partial charge < -0.3 is 16.4 Å². The molecule has 0 bridgehead atoms. The maximum atomic E-state index is 13.3. The molecule has 0 aliphatic carbocycles. The zero-order valence-electron chi connectivity index (χ0n) is 17.5. The van der Waals surface area contributed by atoms with Crippen LogP contribution in [0.2, 0.25) is 0 Å². The van der Waals surface area contributed by atoms with Crippen molar-refractivity contribution >= 4 is 11.8 Å². The van der Waals surface area contributed by atoms with Gasteiger partial charge in [0.15, 0.2) is 5.69 Å². The van der Waals surface area contributed by atoms with Gasteiger partial charge in [-0.3, -0.25) is 9.59 Å². The zero-order valence-corrected chi connectivity index (χ0v) is 17.5. The van der Waals surface area contributed by atoms with Crippen LogP contribution >= 0.6 is 0 Å². The molecule has 174 valence electrons. The third-order valence-corrected chi connectivity index (χ3v) is 4.63.